The van der Waals surface area contributed by atoms with Crippen molar-refractivity contribution in [3.05, 3.63) is 23.8 Å². The van der Waals surface area contributed by atoms with Crippen molar-refractivity contribution in [3.8, 4) is 11.5 Å². The summed E-state index contributed by atoms with van der Waals surface area (Å²) in [6.07, 6.45) is -1.15. The van der Waals surface area contributed by atoms with E-state index in [-0.39, 0.29) is 11.5 Å². The topological polar surface area (TPSA) is 117 Å². The molecule has 0 aliphatic carbocycles. The molecule has 3 N–H and O–H groups in total. The Morgan fingerprint density at radius 3 is 2.20 bits per heavy atom. The van der Waals surface area contributed by atoms with E-state index in [1.165, 1.54) is 12.1 Å². The van der Waals surface area contributed by atoms with Gasteiger partial charge in [-0.25, -0.2) is 9.59 Å². The molecule has 8 nitrogen and oxygen atoms in total. The average molecular weight is 352 g/mol. The van der Waals surface area contributed by atoms with E-state index in [2.05, 4.69) is 0 Å². The van der Waals surface area contributed by atoms with Crippen molar-refractivity contribution in [2.75, 3.05) is 13.2 Å². The highest BCUT2D eigenvalue weighted by Crippen LogP contribution is 2.29. The first-order valence-corrected chi connectivity index (χ1v) is 8.01. The van der Waals surface area contributed by atoms with Crippen LogP contribution in [0.2, 0.25) is 0 Å². The Hall–Kier alpha value is -2.77. The molecule has 0 aliphatic heterocycles. The van der Waals surface area contributed by atoms with Gasteiger partial charge in [0.05, 0.1) is 18.8 Å². The van der Waals surface area contributed by atoms with Crippen molar-refractivity contribution in [1.82, 2.24) is 5.32 Å². The number of imide groups is 1. The van der Waals surface area contributed by atoms with Gasteiger partial charge in [-0.2, -0.15) is 0 Å². The summed E-state index contributed by atoms with van der Waals surface area (Å²) in [6, 6.07) is 3.59. The van der Waals surface area contributed by atoms with Gasteiger partial charge >= 0.3 is 12.0 Å². The van der Waals surface area contributed by atoms with Gasteiger partial charge in [-0.05, 0) is 38.0 Å². The number of amides is 3. The summed E-state index contributed by atoms with van der Waals surface area (Å²) in [7, 11) is 0. The van der Waals surface area contributed by atoms with E-state index in [1.54, 1.807) is 19.9 Å². The number of carbonyl (C=O) groups excluding carboxylic acids is 3. The molecule has 0 heterocycles. The van der Waals surface area contributed by atoms with Gasteiger partial charge < -0.3 is 19.9 Å². The molecular weight excluding hydrogens is 328 g/mol. The normalized spacial score (nSPS) is 11.6. The SMILES string of the molecule is CCOc1ccc(C(=O)O[C@H](C(=O)NC(N)=O)C(C)C)cc1OCC. The second-order valence-electron chi connectivity index (χ2n) is 5.45. The summed E-state index contributed by atoms with van der Waals surface area (Å²) >= 11 is 0. The molecule has 0 saturated heterocycles. The minimum atomic E-state index is -1.15. The third-order valence-electron chi connectivity index (χ3n) is 3.12. The maximum absolute atomic E-state index is 12.4. The van der Waals surface area contributed by atoms with Crippen molar-refractivity contribution >= 4 is 17.9 Å². The summed E-state index contributed by atoms with van der Waals surface area (Å²) in [5.41, 5.74) is 5.13. The van der Waals surface area contributed by atoms with Gasteiger partial charge in [-0.15, -0.1) is 0 Å². The number of primary amides is 1. The van der Waals surface area contributed by atoms with Crippen LogP contribution in [0.4, 0.5) is 4.79 Å². The molecule has 0 fully saturated rings. The van der Waals surface area contributed by atoms with Gasteiger partial charge in [0.15, 0.2) is 17.6 Å². The predicted octanol–water partition coefficient (Wildman–Crippen LogP) is 1.86. The number of ether oxygens (including phenoxy) is 3. The number of nitrogens with two attached hydrogens (primary N) is 1. The zero-order chi connectivity index (χ0) is 19.0. The Bertz CT molecular complexity index is 630. The molecule has 0 saturated carbocycles. The van der Waals surface area contributed by atoms with Gasteiger partial charge in [-0.1, -0.05) is 13.8 Å². The van der Waals surface area contributed by atoms with E-state index in [4.69, 9.17) is 19.9 Å². The van der Waals surface area contributed by atoms with E-state index in [0.29, 0.717) is 24.7 Å². The average Bonchev–Trinajstić information content (AvgIpc) is 2.53. The largest absolute Gasteiger partial charge is 0.490 e. The number of benzene rings is 1. The molecule has 1 aromatic carbocycles. The fraction of sp³-hybridized carbons (Fsp3) is 0.471. The van der Waals surface area contributed by atoms with Crippen LogP contribution in [-0.2, 0) is 9.53 Å². The predicted molar refractivity (Wildman–Crippen MR) is 90.5 cm³/mol. The Kier molecular flexibility index (Phi) is 7.71. The lowest BCUT2D eigenvalue weighted by Crippen LogP contribution is -2.45. The van der Waals surface area contributed by atoms with Crippen LogP contribution in [0.3, 0.4) is 0 Å². The smallest absolute Gasteiger partial charge is 0.339 e. The quantitative estimate of drug-likeness (QED) is 0.690. The van der Waals surface area contributed by atoms with Crippen molar-refractivity contribution in [1.29, 1.82) is 0 Å². The van der Waals surface area contributed by atoms with Crippen molar-refractivity contribution in [2.24, 2.45) is 11.7 Å². The Balaban J connectivity index is 2.98. The minimum Gasteiger partial charge on any atom is -0.490 e. The number of carbonyl (C=O) groups is 3. The van der Waals surface area contributed by atoms with Gasteiger partial charge in [0.1, 0.15) is 0 Å². The van der Waals surface area contributed by atoms with Crippen LogP contribution in [0, 0.1) is 5.92 Å². The number of esters is 1. The number of nitrogens with one attached hydrogen (secondary N) is 1. The molecule has 0 bridgehead atoms. The van der Waals surface area contributed by atoms with Crippen LogP contribution in [-0.4, -0.2) is 37.2 Å². The molecule has 1 rings (SSSR count). The van der Waals surface area contributed by atoms with Crippen LogP contribution < -0.4 is 20.5 Å². The van der Waals surface area contributed by atoms with Gasteiger partial charge in [-0.3, -0.25) is 10.1 Å². The Morgan fingerprint density at radius 2 is 1.68 bits per heavy atom. The minimum absolute atomic E-state index is 0.199. The molecule has 0 unspecified atom stereocenters. The summed E-state index contributed by atoms with van der Waals surface area (Å²) in [6.45, 7) is 7.86. The first-order valence-electron chi connectivity index (χ1n) is 8.01. The summed E-state index contributed by atoms with van der Waals surface area (Å²) in [4.78, 5) is 35.1. The highest BCUT2D eigenvalue weighted by Gasteiger charge is 2.28. The van der Waals surface area contributed by atoms with Crippen LogP contribution in [0.15, 0.2) is 18.2 Å². The molecule has 0 radical (unpaired) electrons. The molecule has 25 heavy (non-hydrogen) atoms. The number of hydrogen-bond acceptors (Lipinski definition) is 6. The standard InChI is InChI=1S/C17H24N2O6/c1-5-23-12-8-7-11(9-13(12)24-6-2)16(21)25-14(10(3)4)15(20)19-17(18)22/h7-10,14H,5-6H2,1-4H3,(H3,18,19,20,22)/t14-/m0/s1. The van der Waals surface area contributed by atoms with Gasteiger partial charge in [0, 0.05) is 0 Å². The first kappa shape index (κ1) is 20.3. The lowest BCUT2D eigenvalue weighted by atomic mass is 10.1. The second-order valence-corrected chi connectivity index (χ2v) is 5.45. The van der Waals surface area contributed by atoms with Crippen LogP contribution in [0.25, 0.3) is 0 Å². The zero-order valence-electron chi connectivity index (χ0n) is 14.8. The lowest BCUT2D eigenvalue weighted by molar-refractivity contribution is -0.130. The van der Waals surface area contributed by atoms with Crippen molar-refractivity contribution in [3.63, 3.8) is 0 Å². The molecule has 0 spiro atoms. The fourth-order valence-electron chi connectivity index (χ4n) is 2.05. The van der Waals surface area contributed by atoms with Gasteiger partial charge in [0.25, 0.3) is 5.91 Å². The number of urea groups is 1. The highest BCUT2D eigenvalue weighted by atomic mass is 16.5. The summed E-state index contributed by atoms with van der Waals surface area (Å²) in [5, 5.41) is 1.92. The third kappa shape index (κ3) is 5.98. The zero-order valence-corrected chi connectivity index (χ0v) is 14.8. The summed E-state index contributed by atoms with van der Waals surface area (Å²) < 4.78 is 16.1. The van der Waals surface area contributed by atoms with Crippen molar-refractivity contribution in [2.45, 2.75) is 33.8 Å². The molecule has 3 amide bonds. The first-order chi connectivity index (χ1) is 11.8. The maximum atomic E-state index is 12.4. The fourth-order valence-corrected chi connectivity index (χ4v) is 2.05. The van der Waals surface area contributed by atoms with E-state index < -0.39 is 24.0 Å². The molecule has 0 aromatic heterocycles. The highest BCUT2D eigenvalue weighted by molar-refractivity contribution is 5.98. The second kappa shape index (κ2) is 9.51. The monoisotopic (exact) mass is 352 g/mol. The van der Waals surface area contributed by atoms with Crippen molar-refractivity contribution < 1.29 is 28.6 Å². The van der Waals surface area contributed by atoms with E-state index in [9.17, 15) is 14.4 Å². The van der Waals surface area contributed by atoms with Crippen LogP contribution >= 0.6 is 0 Å². The molecule has 8 heteroatoms. The molecule has 0 aliphatic rings. The Labute approximate surface area is 146 Å². The number of rotatable bonds is 8. The molecule has 138 valence electrons. The molecular formula is C17H24N2O6. The van der Waals surface area contributed by atoms with E-state index in [1.807, 2.05) is 19.2 Å². The van der Waals surface area contributed by atoms with Crippen LogP contribution in [0.1, 0.15) is 38.1 Å². The number of hydrogen-bond donors (Lipinski definition) is 2. The van der Waals surface area contributed by atoms with Crippen LogP contribution in [0.5, 0.6) is 11.5 Å². The summed E-state index contributed by atoms with van der Waals surface area (Å²) in [5.74, 6) is -0.930. The van der Waals surface area contributed by atoms with Gasteiger partial charge in [0.2, 0.25) is 0 Å². The Morgan fingerprint density at radius 1 is 1.08 bits per heavy atom. The molecule has 1 aromatic rings. The van der Waals surface area contributed by atoms with E-state index >= 15 is 0 Å². The third-order valence-corrected chi connectivity index (χ3v) is 3.12. The van der Waals surface area contributed by atoms with E-state index in [0.717, 1.165) is 0 Å². The molecule has 1 atom stereocenters. The lowest BCUT2D eigenvalue weighted by Gasteiger charge is -2.20. The maximum Gasteiger partial charge on any atom is 0.339 e.